The summed E-state index contributed by atoms with van der Waals surface area (Å²) < 4.78 is 5.00. The van der Waals surface area contributed by atoms with Gasteiger partial charge in [0.15, 0.2) is 0 Å². The molecule has 1 aromatic rings. The van der Waals surface area contributed by atoms with E-state index >= 15 is 0 Å². The largest absolute Gasteiger partial charge is 0.446 e. The standard InChI is InChI=1S/C15H20BrNO4/c1-10(2)13-9-20-15(19)17(13)21-8-12(16)14(18)11-6-4-3-5-7-11/h3-7,10,12-14,18H,8-9H2,1-2H3/t12-,13-,14-/m1/s1. The van der Waals surface area contributed by atoms with Crippen molar-refractivity contribution in [2.45, 2.75) is 30.8 Å². The van der Waals surface area contributed by atoms with E-state index in [9.17, 15) is 9.90 Å². The van der Waals surface area contributed by atoms with Crippen LogP contribution in [0.1, 0.15) is 25.5 Å². The van der Waals surface area contributed by atoms with Gasteiger partial charge in [0, 0.05) is 0 Å². The predicted octanol–water partition coefficient (Wildman–Crippen LogP) is 2.89. The van der Waals surface area contributed by atoms with Gasteiger partial charge in [-0.25, -0.2) is 4.79 Å². The molecule has 1 N–H and O–H groups in total. The van der Waals surface area contributed by atoms with Crippen molar-refractivity contribution in [3.63, 3.8) is 0 Å². The molecule has 1 aliphatic rings. The van der Waals surface area contributed by atoms with Crippen molar-refractivity contribution < 1.29 is 19.5 Å². The second-order valence-electron chi connectivity index (χ2n) is 5.38. The van der Waals surface area contributed by atoms with Crippen molar-refractivity contribution in [3.8, 4) is 0 Å². The third-order valence-corrected chi connectivity index (χ3v) is 4.25. The second-order valence-corrected chi connectivity index (χ2v) is 6.56. The molecule has 1 amide bonds. The molecule has 0 aliphatic carbocycles. The van der Waals surface area contributed by atoms with Crippen LogP contribution in [-0.2, 0) is 9.57 Å². The maximum Gasteiger partial charge on any atom is 0.434 e. The van der Waals surface area contributed by atoms with E-state index in [1.807, 2.05) is 44.2 Å². The fourth-order valence-corrected chi connectivity index (χ4v) is 2.56. The Morgan fingerprint density at radius 2 is 2.10 bits per heavy atom. The maximum atomic E-state index is 11.6. The lowest BCUT2D eigenvalue weighted by Gasteiger charge is -2.25. The number of aliphatic hydroxyl groups excluding tert-OH is 1. The van der Waals surface area contributed by atoms with Gasteiger partial charge in [0.1, 0.15) is 6.61 Å². The number of halogens is 1. The number of hydrogen-bond acceptors (Lipinski definition) is 4. The smallest absolute Gasteiger partial charge is 0.434 e. The molecule has 116 valence electrons. The maximum absolute atomic E-state index is 11.6. The van der Waals surface area contributed by atoms with Gasteiger partial charge in [0.05, 0.1) is 23.6 Å². The molecule has 0 unspecified atom stereocenters. The van der Waals surface area contributed by atoms with Crippen LogP contribution in [0.2, 0.25) is 0 Å². The van der Waals surface area contributed by atoms with E-state index in [0.717, 1.165) is 5.56 Å². The first-order valence-electron chi connectivity index (χ1n) is 6.96. The van der Waals surface area contributed by atoms with Gasteiger partial charge in [-0.15, -0.1) is 0 Å². The van der Waals surface area contributed by atoms with Crippen LogP contribution in [0.4, 0.5) is 4.79 Å². The minimum atomic E-state index is -0.706. The number of ether oxygens (including phenoxy) is 1. The summed E-state index contributed by atoms with van der Waals surface area (Å²) >= 11 is 3.41. The summed E-state index contributed by atoms with van der Waals surface area (Å²) in [6.07, 6.45) is -1.18. The molecular formula is C15H20BrNO4. The fourth-order valence-electron chi connectivity index (χ4n) is 2.14. The minimum absolute atomic E-state index is 0.0916. The number of aliphatic hydroxyl groups is 1. The number of hydroxylamine groups is 2. The first kappa shape index (κ1) is 16.3. The van der Waals surface area contributed by atoms with Gasteiger partial charge in [-0.1, -0.05) is 60.1 Å². The molecule has 1 fully saturated rings. The zero-order valence-corrected chi connectivity index (χ0v) is 13.7. The Hall–Kier alpha value is -1.11. The molecule has 0 bridgehead atoms. The van der Waals surface area contributed by atoms with E-state index in [-0.39, 0.29) is 23.4 Å². The van der Waals surface area contributed by atoms with Gasteiger partial charge in [-0.3, -0.25) is 4.84 Å². The quantitative estimate of drug-likeness (QED) is 0.795. The monoisotopic (exact) mass is 357 g/mol. The number of rotatable bonds is 6. The molecule has 0 spiro atoms. The van der Waals surface area contributed by atoms with Crippen LogP contribution in [0, 0.1) is 5.92 Å². The summed E-state index contributed by atoms with van der Waals surface area (Å²) in [5.41, 5.74) is 0.799. The van der Waals surface area contributed by atoms with Crippen LogP contribution >= 0.6 is 15.9 Å². The molecule has 1 aliphatic heterocycles. The molecule has 1 aromatic carbocycles. The third kappa shape index (κ3) is 3.96. The highest BCUT2D eigenvalue weighted by molar-refractivity contribution is 9.09. The van der Waals surface area contributed by atoms with Crippen LogP contribution in [0.25, 0.3) is 0 Å². The summed E-state index contributed by atoms with van der Waals surface area (Å²) in [5, 5.41) is 11.5. The molecule has 21 heavy (non-hydrogen) atoms. The summed E-state index contributed by atoms with van der Waals surface area (Å²) in [7, 11) is 0. The highest BCUT2D eigenvalue weighted by Gasteiger charge is 2.37. The predicted molar refractivity (Wildman–Crippen MR) is 81.9 cm³/mol. The van der Waals surface area contributed by atoms with Gasteiger partial charge in [0.25, 0.3) is 0 Å². The van der Waals surface area contributed by atoms with E-state index in [2.05, 4.69) is 15.9 Å². The van der Waals surface area contributed by atoms with Crippen LogP contribution in [-0.4, -0.2) is 40.3 Å². The van der Waals surface area contributed by atoms with Crippen molar-refractivity contribution in [3.05, 3.63) is 35.9 Å². The van der Waals surface area contributed by atoms with Crippen molar-refractivity contribution in [1.29, 1.82) is 0 Å². The van der Waals surface area contributed by atoms with Crippen molar-refractivity contribution in [2.75, 3.05) is 13.2 Å². The fraction of sp³-hybridized carbons (Fsp3) is 0.533. The van der Waals surface area contributed by atoms with Gasteiger partial charge in [-0.05, 0) is 11.5 Å². The summed E-state index contributed by atoms with van der Waals surface area (Å²) in [5.74, 6) is 0.240. The zero-order valence-electron chi connectivity index (χ0n) is 12.1. The normalized spacial score (nSPS) is 21.5. The highest BCUT2D eigenvalue weighted by atomic mass is 79.9. The summed E-state index contributed by atoms with van der Waals surface area (Å²) in [6.45, 7) is 4.53. The Labute approximate surface area is 132 Å². The average molecular weight is 358 g/mol. The Bertz CT molecular complexity index is 468. The van der Waals surface area contributed by atoms with Crippen LogP contribution < -0.4 is 0 Å². The Balaban J connectivity index is 1.91. The Morgan fingerprint density at radius 3 is 2.71 bits per heavy atom. The molecule has 5 nitrogen and oxygen atoms in total. The zero-order chi connectivity index (χ0) is 15.4. The number of hydrogen-bond donors (Lipinski definition) is 1. The molecule has 1 heterocycles. The minimum Gasteiger partial charge on any atom is -0.446 e. The molecule has 6 heteroatoms. The number of alkyl halides is 1. The lowest BCUT2D eigenvalue weighted by molar-refractivity contribution is -0.142. The van der Waals surface area contributed by atoms with Crippen LogP contribution in [0.3, 0.4) is 0 Å². The number of cyclic esters (lactones) is 1. The van der Waals surface area contributed by atoms with E-state index < -0.39 is 12.2 Å². The van der Waals surface area contributed by atoms with Crippen molar-refractivity contribution in [1.82, 2.24) is 5.06 Å². The van der Waals surface area contributed by atoms with Crippen LogP contribution in [0.5, 0.6) is 0 Å². The Kier molecular flexibility index (Phi) is 5.61. The van der Waals surface area contributed by atoms with E-state index in [0.29, 0.717) is 6.61 Å². The summed E-state index contributed by atoms with van der Waals surface area (Å²) in [6, 6.07) is 9.23. The Morgan fingerprint density at radius 1 is 1.43 bits per heavy atom. The molecule has 2 rings (SSSR count). The molecule has 1 saturated heterocycles. The van der Waals surface area contributed by atoms with E-state index in [1.165, 1.54) is 5.06 Å². The molecule has 0 saturated carbocycles. The number of benzene rings is 1. The third-order valence-electron chi connectivity index (χ3n) is 3.48. The highest BCUT2D eigenvalue weighted by Crippen LogP contribution is 2.25. The summed E-state index contributed by atoms with van der Waals surface area (Å²) in [4.78, 5) is 16.9. The van der Waals surface area contributed by atoms with Gasteiger partial charge in [0.2, 0.25) is 0 Å². The second kappa shape index (κ2) is 7.24. The van der Waals surface area contributed by atoms with Crippen molar-refractivity contribution >= 4 is 22.0 Å². The number of nitrogens with zero attached hydrogens (tertiary/aromatic N) is 1. The number of carbonyl (C=O) groups is 1. The lowest BCUT2D eigenvalue weighted by Crippen LogP contribution is -2.39. The molecule has 0 radical (unpaired) electrons. The molecule has 3 atom stereocenters. The number of amides is 1. The van der Waals surface area contributed by atoms with Crippen molar-refractivity contribution in [2.24, 2.45) is 5.92 Å². The molecule has 0 aromatic heterocycles. The van der Waals surface area contributed by atoms with Gasteiger partial charge in [-0.2, -0.15) is 5.06 Å². The number of carbonyl (C=O) groups excluding carboxylic acids is 1. The van der Waals surface area contributed by atoms with Gasteiger partial charge >= 0.3 is 6.09 Å². The topological polar surface area (TPSA) is 59.0 Å². The van der Waals surface area contributed by atoms with Gasteiger partial charge < -0.3 is 9.84 Å². The lowest BCUT2D eigenvalue weighted by atomic mass is 10.1. The first-order chi connectivity index (χ1) is 10.0. The van der Waals surface area contributed by atoms with E-state index in [1.54, 1.807) is 0 Å². The molecular weight excluding hydrogens is 338 g/mol. The first-order valence-corrected chi connectivity index (χ1v) is 7.88. The van der Waals surface area contributed by atoms with E-state index in [4.69, 9.17) is 9.57 Å². The SMILES string of the molecule is CC(C)[C@H]1COC(=O)N1OC[C@@H](Br)[C@H](O)c1ccccc1. The van der Waals surface area contributed by atoms with Crippen LogP contribution in [0.15, 0.2) is 30.3 Å². The average Bonchev–Trinajstić information content (AvgIpc) is 2.86.